The van der Waals surface area contributed by atoms with Crippen molar-refractivity contribution < 1.29 is 13.3 Å². The first-order valence-corrected chi connectivity index (χ1v) is 8.76. The van der Waals surface area contributed by atoms with E-state index in [-0.39, 0.29) is 4.90 Å². The third-order valence-corrected chi connectivity index (χ3v) is 4.67. The average Bonchev–Trinajstić information content (AvgIpc) is 2.90. The van der Waals surface area contributed by atoms with Gasteiger partial charge in [-0.05, 0) is 12.1 Å². The van der Waals surface area contributed by atoms with Crippen molar-refractivity contribution in [2.75, 3.05) is 18.1 Å². The molecule has 9 heteroatoms. The molecule has 1 aromatic heterocycles. The van der Waals surface area contributed by atoms with Crippen molar-refractivity contribution >= 4 is 32.5 Å². The fourth-order valence-corrected chi connectivity index (χ4v) is 3.25. The number of thiazole rings is 1. The molecule has 112 valence electrons. The highest BCUT2D eigenvalue weighted by atomic mass is 32.2. The van der Waals surface area contributed by atoms with Gasteiger partial charge in [-0.3, -0.25) is 10.1 Å². The quantitative estimate of drug-likeness (QED) is 0.644. The summed E-state index contributed by atoms with van der Waals surface area (Å²) < 4.78 is 23.3. The van der Waals surface area contributed by atoms with Crippen LogP contribution in [0.1, 0.15) is 5.01 Å². The molecular weight excluding hydrogens is 314 g/mol. The minimum absolute atomic E-state index is 0.285. The first-order chi connectivity index (χ1) is 9.88. The Balaban J connectivity index is 2.16. The maximum Gasteiger partial charge on any atom is 0.288 e. The molecule has 0 aliphatic heterocycles. The SMILES string of the molecule is CS(=O)(=O)c1cc(NCCc2nccs2)ccc1[N+](=O)[O-]. The van der Waals surface area contributed by atoms with Crippen molar-refractivity contribution in [2.45, 2.75) is 11.3 Å². The topological polar surface area (TPSA) is 102 Å². The monoisotopic (exact) mass is 327 g/mol. The molecule has 21 heavy (non-hydrogen) atoms. The Labute approximate surface area is 125 Å². The molecule has 0 saturated heterocycles. The fourth-order valence-electron chi connectivity index (χ4n) is 1.76. The molecule has 0 unspecified atom stereocenters. The van der Waals surface area contributed by atoms with Gasteiger partial charge in [-0.1, -0.05) is 0 Å². The molecule has 1 N–H and O–H groups in total. The summed E-state index contributed by atoms with van der Waals surface area (Å²) in [6.45, 7) is 0.564. The van der Waals surface area contributed by atoms with Crippen LogP contribution in [-0.4, -0.2) is 31.1 Å². The molecule has 0 atom stereocenters. The number of rotatable bonds is 6. The molecule has 0 bridgehead atoms. The summed E-state index contributed by atoms with van der Waals surface area (Å²) in [4.78, 5) is 14.0. The minimum atomic E-state index is -3.66. The molecule has 2 rings (SSSR count). The van der Waals surface area contributed by atoms with Gasteiger partial charge in [0.1, 0.15) is 4.90 Å². The van der Waals surface area contributed by atoms with Gasteiger partial charge >= 0.3 is 0 Å². The number of anilines is 1. The zero-order chi connectivity index (χ0) is 15.5. The zero-order valence-electron chi connectivity index (χ0n) is 11.1. The van der Waals surface area contributed by atoms with E-state index in [1.165, 1.54) is 29.5 Å². The number of nitrogens with zero attached hydrogens (tertiary/aromatic N) is 2. The minimum Gasteiger partial charge on any atom is -0.385 e. The summed E-state index contributed by atoms with van der Waals surface area (Å²) in [7, 11) is -3.66. The second kappa shape index (κ2) is 6.19. The van der Waals surface area contributed by atoms with Gasteiger partial charge in [0.2, 0.25) is 0 Å². The van der Waals surface area contributed by atoms with Crippen molar-refractivity contribution in [1.29, 1.82) is 0 Å². The lowest BCUT2D eigenvalue weighted by Gasteiger charge is -2.07. The molecule has 1 heterocycles. The third-order valence-electron chi connectivity index (χ3n) is 2.71. The van der Waals surface area contributed by atoms with Gasteiger partial charge < -0.3 is 5.32 Å². The van der Waals surface area contributed by atoms with Crippen LogP contribution in [0.25, 0.3) is 0 Å². The van der Waals surface area contributed by atoms with E-state index in [2.05, 4.69) is 10.3 Å². The molecule has 0 amide bonds. The first kappa shape index (κ1) is 15.4. The Kier molecular flexibility index (Phi) is 4.53. The number of hydrogen-bond acceptors (Lipinski definition) is 7. The Hall–Kier alpha value is -2.00. The lowest BCUT2D eigenvalue weighted by molar-refractivity contribution is -0.387. The summed E-state index contributed by atoms with van der Waals surface area (Å²) >= 11 is 1.54. The second-order valence-corrected chi connectivity index (χ2v) is 7.28. The van der Waals surface area contributed by atoms with Crippen LogP contribution in [0.15, 0.2) is 34.7 Å². The predicted molar refractivity (Wildman–Crippen MR) is 80.5 cm³/mol. The molecule has 1 aromatic carbocycles. The van der Waals surface area contributed by atoms with Crippen LogP contribution in [0.5, 0.6) is 0 Å². The first-order valence-electron chi connectivity index (χ1n) is 5.98. The van der Waals surface area contributed by atoms with Crippen LogP contribution in [0.4, 0.5) is 11.4 Å². The number of hydrogen-bond donors (Lipinski definition) is 1. The van der Waals surface area contributed by atoms with E-state index in [0.29, 0.717) is 18.7 Å². The van der Waals surface area contributed by atoms with Gasteiger partial charge in [0.15, 0.2) is 9.84 Å². The van der Waals surface area contributed by atoms with Gasteiger partial charge in [0.25, 0.3) is 5.69 Å². The molecular formula is C12H13N3O4S2. The Morgan fingerprint density at radius 2 is 2.19 bits per heavy atom. The smallest absolute Gasteiger partial charge is 0.288 e. The van der Waals surface area contributed by atoms with Gasteiger partial charge in [0, 0.05) is 42.6 Å². The lowest BCUT2D eigenvalue weighted by atomic mass is 10.2. The summed E-state index contributed by atoms with van der Waals surface area (Å²) in [6, 6.07) is 3.98. The van der Waals surface area contributed by atoms with E-state index in [1.54, 1.807) is 6.20 Å². The summed E-state index contributed by atoms with van der Waals surface area (Å²) in [5.41, 5.74) is 0.112. The van der Waals surface area contributed by atoms with Crippen LogP contribution in [0, 0.1) is 10.1 Å². The van der Waals surface area contributed by atoms with Crippen molar-refractivity contribution in [3.8, 4) is 0 Å². The predicted octanol–water partition coefficient (Wildman–Crippen LogP) is 2.11. The lowest BCUT2D eigenvalue weighted by Crippen LogP contribution is -2.07. The third kappa shape index (κ3) is 3.99. The zero-order valence-corrected chi connectivity index (χ0v) is 12.8. The number of sulfone groups is 1. The van der Waals surface area contributed by atoms with E-state index in [9.17, 15) is 18.5 Å². The van der Waals surface area contributed by atoms with E-state index in [1.807, 2.05) is 5.38 Å². The maximum absolute atomic E-state index is 11.6. The van der Waals surface area contributed by atoms with Crippen molar-refractivity contribution in [2.24, 2.45) is 0 Å². The van der Waals surface area contributed by atoms with E-state index >= 15 is 0 Å². The van der Waals surface area contributed by atoms with E-state index in [0.717, 1.165) is 11.3 Å². The average molecular weight is 327 g/mol. The fraction of sp³-hybridized carbons (Fsp3) is 0.250. The van der Waals surface area contributed by atoms with Crippen LogP contribution in [-0.2, 0) is 16.3 Å². The molecule has 0 radical (unpaired) electrons. The van der Waals surface area contributed by atoms with Crippen molar-refractivity contribution in [3.63, 3.8) is 0 Å². The molecule has 0 spiro atoms. The number of nitro groups is 1. The normalized spacial score (nSPS) is 11.3. The highest BCUT2D eigenvalue weighted by Gasteiger charge is 2.22. The molecule has 2 aromatic rings. The molecule has 0 aliphatic carbocycles. The molecule has 0 aliphatic rings. The largest absolute Gasteiger partial charge is 0.385 e. The molecule has 7 nitrogen and oxygen atoms in total. The van der Waals surface area contributed by atoms with E-state index in [4.69, 9.17) is 0 Å². The summed E-state index contributed by atoms with van der Waals surface area (Å²) in [5.74, 6) is 0. The number of benzene rings is 1. The summed E-state index contributed by atoms with van der Waals surface area (Å²) in [6.07, 6.45) is 3.37. The Morgan fingerprint density at radius 1 is 1.43 bits per heavy atom. The van der Waals surface area contributed by atoms with Gasteiger partial charge in [-0.15, -0.1) is 11.3 Å². The number of nitro benzene ring substituents is 1. The van der Waals surface area contributed by atoms with Gasteiger partial charge in [-0.25, -0.2) is 13.4 Å². The van der Waals surface area contributed by atoms with Crippen LogP contribution in [0.3, 0.4) is 0 Å². The highest BCUT2D eigenvalue weighted by Crippen LogP contribution is 2.26. The van der Waals surface area contributed by atoms with Crippen molar-refractivity contribution in [3.05, 3.63) is 44.9 Å². The van der Waals surface area contributed by atoms with Gasteiger partial charge in [-0.2, -0.15) is 0 Å². The van der Waals surface area contributed by atoms with Crippen LogP contribution >= 0.6 is 11.3 Å². The Bertz CT molecular complexity index is 742. The van der Waals surface area contributed by atoms with Crippen molar-refractivity contribution in [1.82, 2.24) is 4.98 Å². The van der Waals surface area contributed by atoms with Crippen LogP contribution < -0.4 is 5.32 Å². The van der Waals surface area contributed by atoms with E-state index < -0.39 is 20.4 Å². The highest BCUT2D eigenvalue weighted by molar-refractivity contribution is 7.90. The maximum atomic E-state index is 11.6. The number of nitrogens with one attached hydrogen (secondary N) is 1. The Morgan fingerprint density at radius 3 is 2.76 bits per heavy atom. The molecule has 0 saturated carbocycles. The number of aromatic nitrogens is 1. The van der Waals surface area contributed by atoms with Crippen LogP contribution in [0.2, 0.25) is 0 Å². The molecule has 0 fully saturated rings. The van der Waals surface area contributed by atoms with Gasteiger partial charge in [0.05, 0.1) is 9.93 Å². The standard InChI is InChI=1S/C12H13N3O4S2/c1-21(18,19)11-8-9(2-3-10(11)15(16)17)13-5-4-12-14-6-7-20-12/h2-3,6-8,13H,4-5H2,1H3. The summed E-state index contributed by atoms with van der Waals surface area (Å²) in [5, 5.41) is 16.7. The second-order valence-electron chi connectivity index (χ2n) is 4.31.